The van der Waals surface area contributed by atoms with Gasteiger partial charge in [0.15, 0.2) is 0 Å². The third-order valence-electron chi connectivity index (χ3n) is 19.3. The molecule has 0 saturated carbocycles. The van der Waals surface area contributed by atoms with Crippen LogP contribution in [0.4, 0.5) is 0 Å². The van der Waals surface area contributed by atoms with Gasteiger partial charge in [0.1, 0.15) is 0 Å². The van der Waals surface area contributed by atoms with Crippen LogP contribution < -0.4 is 41.5 Å². The molecule has 8 aromatic rings. The normalized spacial score (nSPS) is 29.2. The minimum absolute atomic E-state index is 0.0372. The summed E-state index contributed by atoms with van der Waals surface area (Å²) in [5.41, 5.74) is 0. The lowest BCUT2D eigenvalue weighted by atomic mass is 10.4. The van der Waals surface area contributed by atoms with Gasteiger partial charge >= 0.3 is 141 Å². The average molecular weight is 1870 g/mol. The Balaban J connectivity index is 1.29. The van der Waals surface area contributed by atoms with Gasteiger partial charge in [-0.25, -0.2) is 0 Å². The van der Waals surface area contributed by atoms with E-state index in [-0.39, 0.29) is 52.9 Å². The monoisotopic (exact) mass is 1860 g/mol. The van der Waals surface area contributed by atoms with Gasteiger partial charge in [-0.2, -0.15) is 0 Å². The van der Waals surface area contributed by atoms with Crippen molar-refractivity contribution in [2.45, 2.75) is 108 Å². The minimum Gasteiger partial charge on any atom is -0.392 e. The highest BCUT2D eigenvalue weighted by atomic mass is 28.7. The van der Waals surface area contributed by atoms with Gasteiger partial charge in [-0.05, 0) is 149 Å². The van der Waals surface area contributed by atoms with E-state index in [2.05, 4.69) is 0 Å². The van der Waals surface area contributed by atoms with E-state index in [1.165, 1.54) is 0 Å². The smallest absolute Gasteiger partial charge is 0.392 e. The summed E-state index contributed by atoms with van der Waals surface area (Å²) in [5, 5.41) is 4.29. The molecule has 6 saturated heterocycles. The molecule has 0 N–H and O–H groups in total. The van der Waals surface area contributed by atoms with Crippen molar-refractivity contribution in [1.29, 1.82) is 0 Å². The number of hydrogen-bond donors (Lipinski definition) is 0. The highest BCUT2D eigenvalue weighted by Crippen LogP contribution is 2.54. The van der Waals surface area contributed by atoms with Crippen molar-refractivity contribution in [2.75, 3.05) is 52.9 Å². The largest absolute Gasteiger partial charge is 0.653 e. The van der Waals surface area contributed by atoms with Crippen LogP contribution in [0.1, 0.15) is 55.4 Å². The van der Waals surface area contributed by atoms with Crippen molar-refractivity contribution >= 4 is 182 Å². The molecule has 6 fully saturated rings. The van der Waals surface area contributed by atoms with E-state index < -0.39 is 141 Å². The molecule has 0 amide bonds. The first-order valence-corrected chi connectivity index (χ1v) is 70.6. The third-order valence-corrected chi connectivity index (χ3v) is 81.5. The summed E-state index contributed by atoms with van der Waals surface area (Å²) in [6.07, 6.45) is 0. The molecule has 8 unspecified atom stereocenters. The first-order valence-electron chi connectivity index (χ1n) is 39.0. The van der Waals surface area contributed by atoms with E-state index in [0.717, 1.165) is 0 Å². The van der Waals surface area contributed by atoms with Crippen LogP contribution in [0, 0.1) is 0 Å². The zero-order valence-electron chi connectivity index (χ0n) is 68.2. The van der Waals surface area contributed by atoms with Crippen LogP contribution in [0.3, 0.4) is 0 Å². The van der Waals surface area contributed by atoms with Crippen molar-refractivity contribution in [1.82, 2.24) is 0 Å². The van der Waals surface area contributed by atoms with Crippen molar-refractivity contribution < 1.29 is 118 Å². The van der Waals surface area contributed by atoms with Crippen LogP contribution in [0.5, 0.6) is 0 Å². The molecule has 8 aromatic carbocycles. The topological polar surface area (TPSA) is 258 Å². The highest BCUT2D eigenvalue weighted by Gasteiger charge is 2.94. The van der Waals surface area contributed by atoms with Gasteiger partial charge in [-0.1, -0.05) is 243 Å². The molecule has 0 spiro atoms. The van der Waals surface area contributed by atoms with Crippen LogP contribution in [0.25, 0.3) is 0 Å². The Labute approximate surface area is 698 Å². The predicted octanol–water partition coefficient (Wildman–Crippen LogP) is 8.00. The first-order chi connectivity index (χ1) is 55.5. The maximum absolute atomic E-state index is 8.43. The molecule has 8 atom stereocenters. The van der Waals surface area contributed by atoms with E-state index in [1.807, 2.05) is 298 Å². The average Bonchev–Trinajstić information content (AvgIpc) is 0.672. The summed E-state index contributed by atoms with van der Waals surface area (Å²) in [5.74, 6) is 0. The van der Waals surface area contributed by atoms with E-state index >= 15 is 0 Å². The molecule has 8 bridgehead atoms. The van der Waals surface area contributed by atoms with Crippen LogP contribution in [0.15, 0.2) is 243 Å². The van der Waals surface area contributed by atoms with Gasteiger partial charge < -0.3 is 118 Å². The zero-order chi connectivity index (χ0) is 82.4. The summed E-state index contributed by atoms with van der Waals surface area (Å²) in [4.78, 5) is 0. The molecular weight excluding hydrogens is 1760 g/mol. The lowest BCUT2D eigenvalue weighted by Crippen LogP contribution is -2.94. The summed E-state index contributed by atoms with van der Waals surface area (Å²) in [6.45, 7) is 29.4. The van der Waals surface area contributed by atoms with Gasteiger partial charge in [-0.15, -0.1) is 0 Å². The van der Waals surface area contributed by atoms with Crippen LogP contribution >= 0.6 is 0 Å². The van der Waals surface area contributed by atoms with Crippen LogP contribution in [0.2, 0.25) is 52.4 Å². The van der Waals surface area contributed by atoms with Crippen LogP contribution in [-0.4, -0.2) is 194 Å². The number of hydrogen-bond acceptors (Lipinski definition) is 28. The van der Waals surface area contributed by atoms with Gasteiger partial charge in [0.25, 0.3) is 0 Å². The summed E-state index contributed by atoms with van der Waals surface area (Å²) >= 11 is 0. The molecule has 0 radical (unpaired) electrons. The van der Waals surface area contributed by atoms with Crippen molar-refractivity contribution in [2.24, 2.45) is 0 Å². The molecule has 116 heavy (non-hydrogen) atoms. The highest BCUT2D eigenvalue weighted by molar-refractivity contribution is 7.06. The van der Waals surface area contributed by atoms with E-state index in [4.69, 9.17) is 118 Å². The molecule has 14 rings (SSSR count). The molecule has 6 aliphatic rings. The van der Waals surface area contributed by atoms with Gasteiger partial charge in [0.2, 0.25) is 0 Å². The fourth-order valence-corrected chi connectivity index (χ4v) is 88.0. The van der Waals surface area contributed by atoms with Crippen molar-refractivity contribution in [3.63, 3.8) is 0 Å². The van der Waals surface area contributed by atoms with Gasteiger partial charge in [-0.3, -0.25) is 0 Å². The Bertz CT molecular complexity index is 3590. The van der Waals surface area contributed by atoms with E-state index in [0.29, 0.717) is 41.5 Å². The number of rotatable bonds is 40. The SMILES string of the molecule is CCO[Si](C)(O[Si]12O[Si]3(O[Si](C)(OCC)c4ccccc4)O[Si]4(O[Si](C)(OCC)c5ccccc5)O[Si](O[Si](C)(OCC)c5ccccc5)(O1)O[Si]1(O[Si](C)(OCC)c5ccccc5)O[Si](O[Si](C)(OCC)c5ccccc5)(O2)O[Si](O[Si](C)(OCC)c2ccccc2)(O3)O[Si](O[Si](C)(OCC)c2ccccc2)(O4)O1)c1ccccc1. The summed E-state index contributed by atoms with van der Waals surface area (Å²) in [6, 6.07) is 74.4. The zero-order valence-corrected chi connectivity index (χ0v) is 84.2. The lowest BCUT2D eigenvalue weighted by molar-refractivity contribution is -0.135. The molecule has 624 valence electrons. The molecule has 0 aliphatic carbocycles. The molecule has 28 nitrogen and oxygen atoms in total. The fraction of sp³-hybridized carbons (Fsp3) is 0.333. The maximum atomic E-state index is 8.43. The van der Waals surface area contributed by atoms with Gasteiger partial charge in [0.05, 0.1) is 0 Å². The van der Waals surface area contributed by atoms with E-state index in [1.54, 1.807) is 52.4 Å². The van der Waals surface area contributed by atoms with Crippen LogP contribution in [-0.2, 0) is 118 Å². The standard InChI is InChI=1S/C72H104O28Si16/c1-17-73-101(9,65-49-33-25-34-50-65)81-109-89-110(82-102(10,74-18-2)66-51-35-26-36-52-66)92-113(85-105(13,77-21-5)69-57-41-29-42-58-69)94-111(90-109,83-103(11,75-19-3)67-53-37-27-38-54-67)96-115(87-107(15,79-23-7)71-61-45-31-46-62-71)97-112(91-109,84-104(12,76-20-4)68-55-39-28-40-56-68)95-114(93-110,86-106(14,78-22-6)70-59-43-30-44-60-70)99-116(98-113,100-115)88-108(16,80-24-8)72-63-47-32-48-64-72/h25-64H,17-24H2,1-16H3. The maximum Gasteiger partial charge on any atom is 0.653 e. The Hall–Kier alpha value is -3.89. The second-order valence-corrected chi connectivity index (χ2v) is 74.4. The first kappa shape index (κ1) is 89.9. The fourth-order valence-electron chi connectivity index (χ4n) is 14.2. The summed E-state index contributed by atoms with van der Waals surface area (Å²) in [7, 11) is -85.6. The third kappa shape index (κ3) is 19.4. The quantitative estimate of drug-likeness (QED) is 0.0329. The lowest BCUT2D eigenvalue weighted by Gasteiger charge is -2.60. The van der Waals surface area contributed by atoms with Crippen molar-refractivity contribution in [3.8, 4) is 0 Å². The molecule has 0 aromatic heterocycles. The number of benzene rings is 8. The molecule has 6 aliphatic heterocycles. The second-order valence-electron chi connectivity index (χ2n) is 28.0. The van der Waals surface area contributed by atoms with E-state index in [9.17, 15) is 0 Å². The molecule has 44 heteroatoms. The predicted molar refractivity (Wildman–Crippen MR) is 462 cm³/mol. The molecule has 6 heterocycles. The Morgan fingerprint density at radius 1 is 0.164 bits per heavy atom. The second kappa shape index (κ2) is 36.5. The summed E-state index contributed by atoms with van der Waals surface area (Å²) < 4.78 is 224. The van der Waals surface area contributed by atoms with Gasteiger partial charge in [0, 0.05) is 52.9 Å². The Morgan fingerprint density at radius 3 is 0.328 bits per heavy atom. The van der Waals surface area contributed by atoms with Crippen molar-refractivity contribution in [3.05, 3.63) is 243 Å². The Kier molecular flexibility index (Phi) is 28.3. The Morgan fingerprint density at radius 2 is 0.250 bits per heavy atom. The molecular formula is C72H104O28Si16. The minimum atomic E-state index is -6.28.